The minimum absolute atomic E-state index is 0.361. The fourth-order valence-corrected chi connectivity index (χ4v) is 3.06. The average Bonchev–Trinajstić information content (AvgIpc) is 2.58. The number of benzene rings is 2. The van der Waals surface area contributed by atoms with Crippen LogP contribution in [0.5, 0.6) is 0 Å². The predicted molar refractivity (Wildman–Crippen MR) is 99.0 cm³/mol. The zero-order valence-electron chi connectivity index (χ0n) is 12.6. The number of rotatable bonds is 3. The smallest absolute Gasteiger partial charge is 0.395 e. The normalized spacial score (nSPS) is 16.7. The van der Waals surface area contributed by atoms with Crippen LogP contribution in [0.25, 0.3) is 3.58 Å². The van der Waals surface area contributed by atoms with Crippen LogP contribution >= 0.6 is 22.6 Å². The van der Waals surface area contributed by atoms with Gasteiger partial charge in [-0.25, -0.2) is 4.79 Å². The molecular weight excluding hydrogens is 403 g/mol. The van der Waals surface area contributed by atoms with Crippen molar-refractivity contribution < 1.29 is 9.53 Å². The van der Waals surface area contributed by atoms with E-state index < -0.39 is 6.09 Å². The highest BCUT2D eigenvalue weighted by Crippen LogP contribution is 2.31. The Bertz CT molecular complexity index is 770. The summed E-state index contributed by atoms with van der Waals surface area (Å²) in [5.41, 5.74) is 2.04. The van der Waals surface area contributed by atoms with E-state index in [4.69, 9.17) is 4.74 Å². The Balaban J connectivity index is 2.03. The molecule has 2 aromatic carbocycles. The Hall–Kier alpha value is -2.15. The molecule has 0 fully saturated rings. The molecule has 2 aromatic rings. The summed E-state index contributed by atoms with van der Waals surface area (Å²) < 4.78 is 6.10. The number of hydrogen-bond donors (Lipinski definition) is 0. The Morgan fingerprint density at radius 3 is 2.35 bits per heavy atom. The van der Waals surface area contributed by atoms with Crippen LogP contribution in [0, 0.1) is 0 Å². The van der Waals surface area contributed by atoms with E-state index in [-0.39, 0.29) is 0 Å². The van der Waals surface area contributed by atoms with Gasteiger partial charge < -0.3 is 4.74 Å². The molecule has 3 rings (SSSR count). The minimum Gasteiger partial charge on any atom is -0.395 e. The molecule has 1 heterocycles. The van der Waals surface area contributed by atoms with Gasteiger partial charge in [0.15, 0.2) is 11.7 Å². The first-order valence-corrected chi connectivity index (χ1v) is 8.27. The lowest BCUT2D eigenvalue weighted by Gasteiger charge is -2.27. The van der Waals surface area contributed by atoms with Crippen molar-refractivity contribution in [1.29, 1.82) is 0 Å². The van der Waals surface area contributed by atoms with E-state index in [9.17, 15) is 4.79 Å². The molecule has 0 aromatic heterocycles. The van der Waals surface area contributed by atoms with Crippen LogP contribution in [0.15, 0.2) is 71.5 Å². The maximum atomic E-state index is 12.3. The van der Waals surface area contributed by atoms with Gasteiger partial charge in [0.25, 0.3) is 0 Å². The van der Waals surface area contributed by atoms with Crippen LogP contribution in [0.3, 0.4) is 0 Å². The molecule has 23 heavy (non-hydrogen) atoms. The minimum atomic E-state index is -0.401. The van der Waals surface area contributed by atoms with E-state index in [0.29, 0.717) is 18.3 Å². The van der Waals surface area contributed by atoms with Crippen LogP contribution < -0.4 is 0 Å². The van der Waals surface area contributed by atoms with E-state index in [2.05, 4.69) is 27.6 Å². The number of amides is 1. The number of cyclic esters (lactones) is 1. The SMILES string of the molecule is CC1=N/C(=C(/I)c2ccccc2)N(Cc2ccccc2)C(=O)O1. The van der Waals surface area contributed by atoms with E-state index >= 15 is 0 Å². The Labute approximate surface area is 148 Å². The molecule has 1 amide bonds. The van der Waals surface area contributed by atoms with Crippen molar-refractivity contribution in [3.63, 3.8) is 0 Å². The average molecular weight is 418 g/mol. The van der Waals surface area contributed by atoms with Crippen molar-refractivity contribution in [2.75, 3.05) is 0 Å². The number of carbonyl (C=O) groups is 1. The van der Waals surface area contributed by atoms with Crippen LogP contribution in [0.4, 0.5) is 4.79 Å². The van der Waals surface area contributed by atoms with E-state index in [1.165, 1.54) is 0 Å². The van der Waals surface area contributed by atoms with Crippen molar-refractivity contribution in [2.24, 2.45) is 4.99 Å². The second-order valence-corrected chi connectivity index (χ2v) is 6.15. The third-order valence-electron chi connectivity index (χ3n) is 3.38. The molecule has 116 valence electrons. The van der Waals surface area contributed by atoms with Crippen LogP contribution in [-0.4, -0.2) is 16.9 Å². The molecule has 0 bridgehead atoms. The molecule has 0 saturated heterocycles. The largest absolute Gasteiger partial charge is 0.422 e. The lowest BCUT2D eigenvalue weighted by molar-refractivity contribution is 0.153. The molecule has 0 spiro atoms. The van der Waals surface area contributed by atoms with E-state index in [1.54, 1.807) is 11.8 Å². The third-order valence-corrected chi connectivity index (χ3v) is 4.49. The van der Waals surface area contributed by atoms with Gasteiger partial charge >= 0.3 is 6.09 Å². The lowest BCUT2D eigenvalue weighted by atomic mass is 10.2. The molecule has 0 N–H and O–H groups in total. The monoisotopic (exact) mass is 418 g/mol. The van der Waals surface area contributed by atoms with Gasteiger partial charge in [0.1, 0.15) is 0 Å². The Kier molecular flexibility index (Phi) is 4.76. The molecule has 0 saturated carbocycles. The molecule has 0 atom stereocenters. The van der Waals surface area contributed by atoms with Gasteiger partial charge in [-0.3, -0.25) is 4.90 Å². The highest BCUT2D eigenvalue weighted by Gasteiger charge is 2.28. The van der Waals surface area contributed by atoms with Crippen molar-refractivity contribution in [3.8, 4) is 0 Å². The molecule has 0 unspecified atom stereocenters. The first-order chi connectivity index (χ1) is 11.1. The van der Waals surface area contributed by atoms with Gasteiger partial charge in [0.05, 0.1) is 10.1 Å². The topological polar surface area (TPSA) is 41.9 Å². The molecule has 1 aliphatic rings. The summed E-state index contributed by atoms with van der Waals surface area (Å²) in [5.74, 6) is 0.980. The highest BCUT2D eigenvalue weighted by atomic mass is 127. The maximum Gasteiger partial charge on any atom is 0.422 e. The first-order valence-electron chi connectivity index (χ1n) is 7.19. The van der Waals surface area contributed by atoms with Gasteiger partial charge in [0.2, 0.25) is 0 Å². The lowest BCUT2D eigenvalue weighted by Crippen LogP contribution is -2.35. The summed E-state index contributed by atoms with van der Waals surface area (Å²) in [6, 6.07) is 19.7. The predicted octanol–water partition coefficient (Wildman–Crippen LogP) is 4.82. The Morgan fingerprint density at radius 1 is 1.09 bits per heavy atom. The number of halogens is 1. The summed E-state index contributed by atoms with van der Waals surface area (Å²) in [4.78, 5) is 18.4. The summed E-state index contributed by atoms with van der Waals surface area (Å²) in [5, 5.41) is 0. The maximum absolute atomic E-state index is 12.3. The molecule has 0 radical (unpaired) electrons. The fraction of sp³-hybridized carbons (Fsp3) is 0.111. The first kappa shape index (κ1) is 15.7. The van der Waals surface area contributed by atoms with Crippen LogP contribution in [0.1, 0.15) is 18.1 Å². The van der Waals surface area contributed by atoms with Gasteiger partial charge in [-0.15, -0.1) is 0 Å². The van der Waals surface area contributed by atoms with Crippen molar-refractivity contribution in [3.05, 3.63) is 77.6 Å². The quantitative estimate of drug-likeness (QED) is 0.671. The van der Waals surface area contributed by atoms with E-state index in [0.717, 1.165) is 14.7 Å². The number of carbonyl (C=O) groups excluding carboxylic acids is 1. The van der Waals surface area contributed by atoms with Gasteiger partial charge in [-0.2, -0.15) is 4.99 Å². The zero-order chi connectivity index (χ0) is 16.2. The van der Waals surface area contributed by atoms with Crippen LogP contribution in [0.2, 0.25) is 0 Å². The van der Waals surface area contributed by atoms with Gasteiger partial charge in [0, 0.05) is 6.92 Å². The van der Waals surface area contributed by atoms with Gasteiger partial charge in [-0.1, -0.05) is 60.7 Å². The molecule has 1 aliphatic heterocycles. The fourth-order valence-electron chi connectivity index (χ4n) is 2.29. The highest BCUT2D eigenvalue weighted by molar-refractivity contribution is 14.1. The number of aliphatic imine (C=N–C) groups is 1. The van der Waals surface area contributed by atoms with Crippen molar-refractivity contribution in [1.82, 2.24) is 4.90 Å². The third kappa shape index (κ3) is 3.61. The van der Waals surface area contributed by atoms with Crippen molar-refractivity contribution in [2.45, 2.75) is 13.5 Å². The standard InChI is InChI=1S/C18H15IN2O2/c1-13-20-17(16(19)15-10-6-3-7-11-15)21(18(22)23-13)12-14-8-4-2-5-9-14/h2-11H,12H2,1H3/b17-16-. The molecule has 0 aliphatic carbocycles. The van der Waals surface area contributed by atoms with E-state index in [1.807, 2.05) is 60.7 Å². The number of nitrogens with zero attached hydrogens (tertiary/aromatic N) is 2. The van der Waals surface area contributed by atoms with Crippen molar-refractivity contribution >= 4 is 38.2 Å². The summed E-state index contributed by atoms with van der Waals surface area (Å²) in [6.07, 6.45) is -0.401. The second kappa shape index (κ2) is 6.95. The second-order valence-electron chi connectivity index (χ2n) is 5.07. The number of ether oxygens (including phenoxy) is 1. The molecule has 5 heteroatoms. The molecular formula is C18H15IN2O2. The van der Waals surface area contributed by atoms with Gasteiger partial charge in [-0.05, 0) is 33.7 Å². The zero-order valence-corrected chi connectivity index (χ0v) is 14.7. The Morgan fingerprint density at radius 2 is 1.70 bits per heavy atom. The summed E-state index contributed by atoms with van der Waals surface area (Å²) >= 11 is 2.23. The summed E-state index contributed by atoms with van der Waals surface area (Å²) in [6.45, 7) is 2.11. The summed E-state index contributed by atoms with van der Waals surface area (Å²) in [7, 11) is 0. The number of hydrogen-bond acceptors (Lipinski definition) is 3. The van der Waals surface area contributed by atoms with Crippen LogP contribution in [-0.2, 0) is 11.3 Å². The molecule has 4 nitrogen and oxygen atoms in total.